The lowest BCUT2D eigenvalue weighted by molar-refractivity contribution is 0.0884. The summed E-state index contributed by atoms with van der Waals surface area (Å²) in [5.74, 6) is -0.402. The third-order valence-corrected chi connectivity index (χ3v) is 6.32. The molecule has 2 aliphatic rings. The zero-order valence-corrected chi connectivity index (χ0v) is 16.6. The maximum Gasteiger partial charge on any atom is 0.270 e. The molecule has 2 fully saturated rings. The number of hydrogen-bond donors (Lipinski definition) is 2. The first kappa shape index (κ1) is 19.6. The van der Waals surface area contributed by atoms with Crippen LogP contribution in [0.5, 0.6) is 0 Å². The average molecular weight is 395 g/mol. The van der Waals surface area contributed by atoms with E-state index in [1.54, 1.807) is 0 Å². The van der Waals surface area contributed by atoms with Gasteiger partial charge in [-0.05, 0) is 75.6 Å². The van der Waals surface area contributed by atoms with Crippen LogP contribution in [0.15, 0.2) is 42.6 Å². The molecule has 0 radical (unpaired) electrons. The van der Waals surface area contributed by atoms with Crippen LogP contribution in [0.25, 0.3) is 0 Å². The molecule has 4 rings (SSSR count). The number of rotatable bonds is 4. The highest BCUT2D eigenvalue weighted by Crippen LogP contribution is 2.44. The number of amides is 2. The summed E-state index contributed by atoms with van der Waals surface area (Å²) in [6, 6.07) is 10.4. The van der Waals surface area contributed by atoms with Crippen LogP contribution in [0.1, 0.15) is 64.9 Å². The summed E-state index contributed by atoms with van der Waals surface area (Å²) in [5, 5.41) is 6.41. The molecule has 2 amide bonds. The summed E-state index contributed by atoms with van der Waals surface area (Å²) in [5.41, 5.74) is 1.73. The van der Waals surface area contributed by atoms with Gasteiger partial charge in [-0.1, -0.05) is 17.7 Å². The Balaban J connectivity index is 1.42. The second kappa shape index (κ2) is 7.93. The summed E-state index contributed by atoms with van der Waals surface area (Å²) in [6.45, 7) is 1.98. The Morgan fingerprint density at radius 2 is 2.00 bits per heavy atom. The number of aryl methyl sites for hydroxylation is 1. The van der Waals surface area contributed by atoms with Gasteiger partial charge in [0.25, 0.3) is 11.8 Å². The van der Waals surface area contributed by atoms with E-state index in [1.165, 1.54) is 12.1 Å². The van der Waals surface area contributed by atoms with Crippen molar-refractivity contribution in [2.75, 3.05) is 0 Å². The van der Waals surface area contributed by atoms with Crippen molar-refractivity contribution in [3.63, 3.8) is 0 Å². The SMILES string of the molecule is Cc1cccc(C(=O)NC2CCCC3(NC(=O)c4ccc(F)cn4)CCC2C3)c1. The van der Waals surface area contributed by atoms with Gasteiger partial charge in [0.05, 0.1) is 6.20 Å². The van der Waals surface area contributed by atoms with Gasteiger partial charge in [-0.3, -0.25) is 9.59 Å². The number of benzene rings is 1. The number of pyridine rings is 1. The maximum absolute atomic E-state index is 13.1. The van der Waals surface area contributed by atoms with Gasteiger partial charge in [0.15, 0.2) is 0 Å². The third kappa shape index (κ3) is 4.31. The van der Waals surface area contributed by atoms with Crippen molar-refractivity contribution in [1.29, 1.82) is 0 Å². The van der Waals surface area contributed by atoms with E-state index < -0.39 is 5.82 Å². The van der Waals surface area contributed by atoms with Crippen molar-refractivity contribution in [3.05, 3.63) is 65.2 Å². The van der Waals surface area contributed by atoms with Gasteiger partial charge in [0.2, 0.25) is 0 Å². The lowest BCUT2D eigenvalue weighted by Crippen LogP contribution is -2.46. The predicted molar refractivity (Wildman–Crippen MR) is 108 cm³/mol. The molecule has 0 aliphatic heterocycles. The molecule has 2 aromatic rings. The van der Waals surface area contributed by atoms with E-state index in [4.69, 9.17) is 0 Å². The number of hydrogen-bond acceptors (Lipinski definition) is 3. The Bertz CT molecular complexity index is 915. The fraction of sp³-hybridized carbons (Fsp3) is 0.435. The molecule has 29 heavy (non-hydrogen) atoms. The van der Waals surface area contributed by atoms with Crippen LogP contribution in [0.2, 0.25) is 0 Å². The van der Waals surface area contributed by atoms with E-state index in [9.17, 15) is 14.0 Å². The molecular weight excluding hydrogens is 369 g/mol. The van der Waals surface area contributed by atoms with Gasteiger partial charge in [-0.25, -0.2) is 9.37 Å². The van der Waals surface area contributed by atoms with Gasteiger partial charge in [0, 0.05) is 17.1 Å². The van der Waals surface area contributed by atoms with E-state index in [-0.39, 0.29) is 29.1 Å². The number of nitrogens with one attached hydrogen (secondary N) is 2. The number of carbonyl (C=O) groups is 2. The van der Waals surface area contributed by atoms with Crippen molar-refractivity contribution < 1.29 is 14.0 Å². The van der Waals surface area contributed by atoms with Gasteiger partial charge in [-0.15, -0.1) is 0 Å². The van der Waals surface area contributed by atoms with Gasteiger partial charge in [-0.2, -0.15) is 0 Å². The molecule has 0 saturated heterocycles. The Morgan fingerprint density at radius 3 is 2.76 bits per heavy atom. The Morgan fingerprint density at radius 1 is 1.14 bits per heavy atom. The molecule has 1 aromatic heterocycles. The molecule has 3 unspecified atom stereocenters. The molecule has 5 nitrogen and oxygen atoms in total. The van der Waals surface area contributed by atoms with Crippen LogP contribution < -0.4 is 10.6 Å². The first-order valence-electron chi connectivity index (χ1n) is 10.3. The Labute approximate surface area is 170 Å². The number of aromatic nitrogens is 1. The summed E-state index contributed by atoms with van der Waals surface area (Å²) >= 11 is 0. The highest BCUT2D eigenvalue weighted by atomic mass is 19.1. The zero-order chi connectivity index (χ0) is 20.4. The molecular formula is C23H26FN3O2. The molecule has 3 atom stereocenters. The molecule has 1 heterocycles. The van der Waals surface area contributed by atoms with Crippen molar-refractivity contribution in [1.82, 2.24) is 15.6 Å². The minimum absolute atomic E-state index is 0.0300. The minimum atomic E-state index is -0.456. The first-order valence-corrected chi connectivity index (χ1v) is 10.3. The van der Waals surface area contributed by atoms with Gasteiger partial charge < -0.3 is 10.6 Å². The zero-order valence-electron chi connectivity index (χ0n) is 16.6. The Hall–Kier alpha value is -2.76. The maximum atomic E-state index is 13.1. The standard InChI is InChI=1S/C23H26FN3O2/c1-15-4-2-5-16(12-15)21(28)26-19-6-3-10-23(11-9-17(19)13-23)27-22(29)20-8-7-18(24)14-25-20/h2,4-5,7-8,12,14,17,19H,3,6,9-11,13H2,1H3,(H,26,28)(H,27,29). The molecule has 152 valence electrons. The summed E-state index contributed by atoms with van der Waals surface area (Å²) in [4.78, 5) is 29.2. The van der Waals surface area contributed by atoms with Crippen LogP contribution in [0, 0.1) is 18.7 Å². The van der Waals surface area contributed by atoms with Gasteiger partial charge >= 0.3 is 0 Å². The van der Waals surface area contributed by atoms with Crippen LogP contribution in [-0.2, 0) is 0 Å². The number of nitrogens with zero attached hydrogens (tertiary/aromatic N) is 1. The van der Waals surface area contributed by atoms with E-state index in [2.05, 4.69) is 15.6 Å². The molecule has 1 aromatic carbocycles. The van der Waals surface area contributed by atoms with E-state index >= 15 is 0 Å². The lowest BCUT2D eigenvalue weighted by Gasteiger charge is -2.29. The van der Waals surface area contributed by atoms with E-state index in [0.717, 1.165) is 50.3 Å². The van der Waals surface area contributed by atoms with Crippen molar-refractivity contribution >= 4 is 11.8 Å². The number of carbonyl (C=O) groups excluding carboxylic acids is 2. The van der Waals surface area contributed by atoms with Crippen molar-refractivity contribution in [2.45, 2.75) is 57.0 Å². The molecule has 2 saturated carbocycles. The highest BCUT2D eigenvalue weighted by Gasteiger charge is 2.45. The summed E-state index contributed by atoms with van der Waals surface area (Å²) < 4.78 is 13.1. The van der Waals surface area contributed by atoms with Crippen LogP contribution in [0.4, 0.5) is 4.39 Å². The van der Waals surface area contributed by atoms with E-state index in [0.29, 0.717) is 11.5 Å². The van der Waals surface area contributed by atoms with Gasteiger partial charge in [0.1, 0.15) is 11.5 Å². The second-order valence-corrected chi connectivity index (χ2v) is 8.44. The molecule has 2 aliphatic carbocycles. The minimum Gasteiger partial charge on any atom is -0.349 e. The predicted octanol–water partition coefficient (Wildman–Crippen LogP) is 3.78. The quantitative estimate of drug-likeness (QED) is 0.828. The van der Waals surface area contributed by atoms with E-state index in [1.807, 2.05) is 31.2 Å². The first-order chi connectivity index (χ1) is 13.9. The summed E-state index contributed by atoms with van der Waals surface area (Å²) in [6.07, 6.45) is 6.50. The molecule has 6 heteroatoms. The second-order valence-electron chi connectivity index (χ2n) is 8.44. The molecule has 0 spiro atoms. The summed E-state index contributed by atoms with van der Waals surface area (Å²) in [7, 11) is 0. The Kier molecular flexibility index (Phi) is 5.35. The normalized spacial score (nSPS) is 25.9. The van der Waals surface area contributed by atoms with Crippen LogP contribution >= 0.6 is 0 Å². The number of fused-ring (bicyclic) bond motifs is 2. The topological polar surface area (TPSA) is 71.1 Å². The van der Waals surface area contributed by atoms with Crippen molar-refractivity contribution in [3.8, 4) is 0 Å². The largest absolute Gasteiger partial charge is 0.349 e. The molecule has 2 N–H and O–H groups in total. The van der Waals surface area contributed by atoms with Crippen LogP contribution in [0.3, 0.4) is 0 Å². The fourth-order valence-corrected chi connectivity index (χ4v) is 4.85. The monoisotopic (exact) mass is 395 g/mol. The number of halogens is 1. The lowest BCUT2D eigenvalue weighted by atomic mass is 9.91. The average Bonchev–Trinajstić information content (AvgIpc) is 3.03. The smallest absolute Gasteiger partial charge is 0.270 e. The fourth-order valence-electron chi connectivity index (χ4n) is 4.85. The van der Waals surface area contributed by atoms with Crippen LogP contribution in [-0.4, -0.2) is 28.4 Å². The third-order valence-electron chi connectivity index (χ3n) is 6.32. The highest BCUT2D eigenvalue weighted by molar-refractivity contribution is 5.94. The van der Waals surface area contributed by atoms with Crippen molar-refractivity contribution in [2.24, 2.45) is 5.92 Å². The molecule has 2 bridgehead atoms.